The molecule has 1 aromatic heterocycles. The molecule has 38 heavy (non-hydrogen) atoms. The van der Waals surface area contributed by atoms with Crippen LogP contribution in [0.3, 0.4) is 0 Å². The van der Waals surface area contributed by atoms with Crippen LogP contribution in [0.5, 0.6) is 0 Å². The molecule has 0 aromatic carbocycles. The summed E-state index contributed by atoms with van der Waals surface area (Å²) < 4.78 is 32.0. The van der Waals surface area contributed by atoms with Crippen LogP contribution in [-0.2, 0) is 14.3 Å². The molecule has 0 unspecified atom stereocenters. The molecule has 1 spiro atoms. The van der Waals surface area contributed by atoms with Crippen LogP contribution < -0.4 is 5.32 Å². The number of likely N-dealkylation sites (tertiary alicyclic amines) is 2. The molecule has 1 aromatic rings. The van der Waals surface area contributed by atoms with Gasteiger partial charge in [-0.25, -0.2) is 8.78 Å². The van der Waals surface area contributed by atoms with Gasteiger partial charge in [-0.2, -0.15) is 0 Å². The number of thiazole rings is 1. The van der Waals surface area contributed by atoms with Crippen LogP contribution >= 0.6 is 11.3 Å². The first kappa shape index (κ1) is 27.4. The largest absolute Gasteiger partial charge is 0.394 e. The molecule has 0 bridgehead atoms. The van der Waals surface area contributed by atoms with E-state index in [1.165, 1.54) is 17.5 Å². The monoisotopic (exact) mass is 554 g/mol. The molecule has 2 saturated carbocycles. The summed E-state index contributed by atoms with van der Waals surface area (Å²) in [4.78, 5) is 47.6. The molecule has 4 aliphatic rings. The summed E-state index contributed by atoms with van der Waals surface area (Å²) in [6.07, 6.45) is 1.36. The number of halogens is 2. The van der Waals surface area contributed by atoms with Gasteiger partial charge in [0.15, 0.2) is 0 Å². The first-order chi connectivity index (χ1) is 17.8. The van der Waals surface area contributed by atoms with Gasteiger partial charge in [0.25, 0.3) is 5.91 Å². The van der Waals surface area contributed by atoms with E-state index in [9.17, 15) is 28.3 Å². The van der Waals surface area contributed by atoms with Gasteiger partial charge in [0, 0.05) is 50.4 Å². The zero-order valence-electron chi connectivity index (χ0n) is 22.0. The fourth-order valence-electron chi connectivity index (χ4n) is 6.16. The van der Waals surface area contributed by atoms with E-state index in [0.29, 0.717) is 24.5 Å². The number of ether oxygens (including phenoxy) is 1. The van der Waals surface area contributed by atoms with Crippen molar-refractivity contribution in [2.45, 2.75) is 58.1 Å². The third kappa shape index (κ3) is 5.19. The molecule has 3 amide bonds. The molecule has 9 nitrogen and oxygen atoms in total. The number of rotatable bonds is 9. The number of carbonyl (C=O) groups excluding carboxylic acids is 3. The zero-order valence-corrected chi connectivity index (χ0v) is 22.8. The Labute approximate surface area is 224 Å². The number of carbonyl (C=O) groups is 3. The van der Waals surface area contributed by atoms with E-state index in [4.69, 9.17) is 4.74 Å². The van der Waals surface area contributed by atoms with Crippen LogP contribution in [0.15, 0.2) is 11.7 Å². The highest BCUT2D eigenvalue weighted by Crippen LogP contribution is 2.54. The number of hydrogen-bond acceptors (Lipinski definition) is 7. The van der Waals surface area contributed by atoms with E-state index in [1.807, 2.05) is 0 Å². The van der Waals surface area contributed by atoms with Crippen molar-refractivity contribution >= 4 is 29.1 Å². The first-order valence-electron chi connectivity index (χ1n) is 13.2. The van der Waals surface area contributed by atoms with Crippen molar-refractivity contribution in [2.24, 2.45) is 28.6 Å². The van der Waals surface area contributed by atoms with Crippen molar-refractivity contribution < 1.29 is 33.0 Å². The summed E-state index contributed by atoms with van der Waals surface area (Å²) in [7, 11) is 0. The number of aliphatic hydroxyl groups excluding tert-OH is 1. The average molecular weight is 555 g/mol. The van der Waals surface area contributed by atoms with E-state index in [-0.39, 0.29) is 67.6 Å². The maximum Gasteiger partial charge on any atom is 0.265 e. The summed E-state index contributed by atoms with van der Waals surface area (Å²) in [6.45, 7) is 6.95. The molecular weight excluding hydrogens is 518 g/mol. The second kappa shape index (κ2) is 9.78. The van der Waals surface area contributed by atoms with Crippen molar-refractivity contribution in [3.05, 3.63) is 16.6 Å². The zero-order chi connectivity index (χ0) is 27.5. The molecule has 3 heterocycles. The van der Waals surface area contributed by atoms with E-state index >= 15 is 0 Å². The third-order valence-corrected chi connectivity index (χ3v) is 9.65. The highest BCUT2D eigenvalue weighted by atomic mass is 32.1. The van der Waals surface area contributed by atoms with E-state index in [2.05, 4.69) is 24.1 Å². The molecule has 210 valence electrons. The number of aromatic nitrogens is 1. The molecule has 0 radical (unpaired) electrons. The van der Waals surface area contributed by atoms with Gasteiger partial charge in [-0.15, -0.1) is 11.3 Å². The van der Waals surface area contributed by atoms with Crippen LogP contribution in [0.4, 0.5) is 8.78 Å². The normalized spacial score (nSPS) is 28.4. The minimum Gasteiger partial charge on any atom is -0.394 e. The van der Waals surface area contributed by atoms with Crippen molar-refractivity contribution in [1.29, 1.82) is 0 Å². The Morgan fingerprint density at radius 3 is 2.39 bits per heavy atom. The number of amides is 3. The van der Waals surface area contributed by atoms with Crippen molar-refractivity contribution in [3.8, 4) is 0 Å². The molecule has 2 N–H and O–H groups in total. The Morgan fingerprint density at radius 1 is 1.18 bits per heavy atom. The third-order valence-electron chi connectivity index (χ3n) is 8.89. The van der Waals surface area contributed by atoms with E-state index in [1.54, 1.807) is 22.2 Å². The average Bonchev–Trinajstić information content (AvgIpc) is 3.21. The maximum absolute atomic E-state index is 13.6. The molecule has 4 atom stereocenters. The number of hydrogen-bond donors (Lipinski definition) is 2. The highest BCUT2D eigenvalue weighted by Gasteiger charge is 2.62. The van der Waals surface area contributed by atoms with Gasteiger partial charge in [-0.3, -0.25) is 19.4 Å². The standard InChI is InChI=1S/C26H36F2N4O5S/c1-15(37-10-16-4-26(27,28)5-16)19(9-33)30-21(34)18-8-31(23(36)20-7-29-14-38-20)11-25(18)12-32(13-25)22(35)17-6-24(17,2)3/h7,14-19,33H,4-6,8-13H2,1-3H3,(H,30,34)/t15-,17-,18+,19-/m1/s1. The van der Waals surface area contributed by atoms with Crippen LogP contribution in [0.25, 0.3) is 0 Å². The number of nitrogens with zero attached hydrogens (tertiary/aromatic N) is 3. The van der Waals surface area contributed by atoms with Crippen molar-refractivity contribution in [1.82, 2.24) is 20.1 Å². The lowest BCUT2D eigenvalue weighted by atomic mass is 9.70. The Morgan fingerprint density at radius 2 is 1.84 bits per heavy atom. The second-order valence-electron chi connectivity index (χ2n) is 12.4. The lowest BCUT2D eigenvalue weighted by Gasteiger charge is -2.50. The molecule has 2 aliphatic heterocycles. The topological polar surface area (TPSA) is 112 Å². The van der Waals surface area contributed by atoms with Crippen LogP contribution in [0, 0.1) is 28.6 Å². The van der Waals surface area contributed by atoms with E-state index in [0.717, 1.165) is 6.42 Å². The molecular formula is C26H36F2N4O5S. The smallest absolute Gasteiger partial charge is 0.265 e. The summed E-state index contributed by atoms with van der Waals surface area (Å²) in [5.41, 5.74) is 1.02. The van der Waals surface area contributed by atoms with Crippen LogP contribution in [0.2, 0.25) is 0 Å². The predicted molar refractivity (Wildman–Crippen MR) is 135 cm³/mol. The maximum atomic E-state index is 13.6. The highest BCUT2D eigenvalue weighted by molar-refractivity contribution is 7.11. The van der Waals surface area contributed by atoms with Gasteiger partial charge < -0.3 is 25.0 Å². The summed E-state index contributed by atoms with van der Waals surface area (Å²) in [6, 6.07) is -0.726. The first-order valence-corrected chi connectivity index (χ1v) is 14.1. The van der Waals surface area contributed by atoms with Crippen LogP contribution in [-0.4, -0.2) is 95.1 Å². The van der Waals surface area contributed by atoms with Crippen molar-refractivity contribution in [3.63, 3.8) is 0 Å². The van der Waals surface area contributed by atoms with Gasteiger partial charge in [0.1, 0.15) is 4.88 Å². The van der Waals surface area contributed by atoms with Gasteiger partial charge in [0.2, 0.25) is 17.7 Å². The Kier molecular flexibility index (Phi) is 7.05. The van der Waals surface area contributed by atoms with Crippen LogP contribution in [0.1, 0.15) is 49.7 Å². The van der Waals surface area contributed by atoms with Gasteiger partial charge >= 0.3 is 0 Å². The quantitative estimate of drug-likeness (QED) is 0.483. The lowest BCUT2D eigenvalue weighted by molar-refractivity contribution is -0.152. The number of nitrogens with one attached hydrogen (secondary N) is 1. The van der Waals surface area contributed by atoms with Gasteiger partial charge in [-0.1, -0.05) is 13.8 Å². The molecule has 2 aliphatic carbocycles. The molecule has 2 saturated heterocycles. The fourth-order valence-corrected chi connectivity index (χ4v) is 6.75. The molecule has 5 rings (SSSR count). The molecule has 12 heteroatoms. The van der Waals surface area contributed by atoms with Crippen molar-refractivity contribution in [2.75, 3.05) is 39.4 Å². The SMILES string of the molecule is C[C@@H](OCC1CC(F)(F)C1)[C@@H](CO)NC(=O)[C@@H]1CN(C(=O)c2cncs2)CC12CN(C(=O)[C@H]1CC1(C)C)C2. The minimum atomic E-state index is -2.63. The number of aliphatic hydroxyl groups is 1. The second-order valence-corrected chi connectivity index (χ2v) is 13.3. The summed E-state index contributed by atoms with van der Waals surface area (Å²) in [5, 5.41) is 12.8. The Hall–Kier alpha value is -2.18. The fraction of sp³-hybridized carbons (Fsp3) is 0.769. The number of alkyl halides is 2. The van der Waals surface area contributed by atoms with Gasteiger partial charge in [0.05, 0.1) is 43.0 Å². The predicted octanol–water partition coefficient (Wildman–Crippen LogP) is 2.02. The summed E-state index contributed by atoms with van der Waals surface area (Å²) in [5.74, 6) is -3.84. The summed E-state index contributed by atoms with van der Waals surface area (Å²) >= 11 is 1.24. The Balaban J connectivity index is 1.24. The van der Waals surface area contributed by atoms with E-state index < -0.39 is 29.4 Å². The lowest BCUT2D eigenvalue weighted by Crippen LogP contribution is -2.65. The minimum absolute atomic E-state index is 0.000324. The molecule has 4 fully saturated rings. The van der Waals surface area contributed by atoms with Gasteiger partial charge in [-0.05, 0) is 24.7 Å². The Bertz CT molecular complexity index is 1070.